The third-order valence-electron chi connectivity index (χ3n) is 0.893. The molecule has 1 rings (SSSR count). The Kier molecular flexibility index (Phi) is 3.39. The van der Waals surface area contributed by atoms with Crippen LogP contribution in [0.5, 0.6) is 0 Å². The minimum absolute atomic E-state index is 0. The Morgan fingerprint density at radius 3 is 3.00 bits per heavy atom. The zero-order valence-electron chi connectivity index (χ0n) is 5.30. The molecule has 1 aromatic heterocycles. The fraction of sp³-hybridized carbons (Fsp3) is 0.167. The van der Waals surface area contributed by atoms with Gasteiger partial charge in [-0.1, -0.05) is 6.08 Å². The SMILES string of the molecule is C=CCc1ncc[nH]1.N. The zero-order valence-corrected chi connectivity index (χ0v) is 5.30. The highest BCUT2D eigenvalue weighted by Gasteiger charge is 1.85. The molecule has 1 aromatic rings. The first-order valence-electron chi connectivity index (χ1n) is 2.52. The predicted octanol–water partition coefficient (Wildman–Crippen LogP) is 1.30. The fourth-order valence-corrected chi connectivity index (χ4v) is 0.546. The standard InChI is InChI=1S/C6H8N2.H3N/c1-2-3-6-7-4-5-8-6;/h2,4-5H,1,3H2,(H,7,8);1H3. The normalized spacial score (nSPS) is 8.00. The average Bonchev–Trinajstić information content (AvgIpc) is 2.19. The molecule has 4 N–H and O–H groups in total. The third-order valence-corrected chi connectivity index (χ3v) is 0.893. The van der Waals surface area contributed by atoms with Crippen molar-refractivity contribution in [3.05, 3.63) is 30.9 Å². The summed E-state index contributed by atoms with van der Waals surface area (Å²) in [5.74, 6) is 0.972. The quantitative estimate of drug-likeness (QED) is 0.585. The van der Waals surface area contributed by atoms with E-state index >= 15 is 0 Å². The molecule has 0 bridgehead atoms. The number of nitrogens with zero attached hydrogens (tertiary/aromatic N) is 1. The average molecular weight is 125 g/mol. The molecular weight excluding hydrogens is 114 g/mol. The van der Waals surface area contributed by atoms with Gasteiger partial charge in [0.2, 0.25) is 0 Å². The molecule has 50 valence electrons. The largest absolute Gasteiger partial charge is 0.348 e. The van der Waals surface area contributed by atoms with Crippen LogP contribution < -0.4 is 6.15 Å². The van der Waals surface area contributed by atoms with Gasteiger partial charge in [0.15, 0.2) is 0 Å². The van der Waals surface area contributed by atoms with E-state index in [1.807, 2.05) is 6.08 Å². The lowest BCUT2D eigenvalue weighted by Gasteiger charge is -1.82. The van der Waals surface area contributed by atoms with Gasteiger partial charge in [0.1, 0.15) is 5.82 Å². The van der Waals surface area contributed by atoms with Gasteiger partial charge in [-0.05, 0) is 0 Å². The van der Waals surface area contributed by atoms with E-state index in [0.29, 0.717) is 0 Å². The van der Waals surface area contributed by atoms with Crippen LogP contribution in [0.1, 0.15) is 5.82 Å². The van der Waals surface area contributed by atoms with Crippen molar-refractivity contribution < 1.29 is 0 Å². The first-order valence-corrected chi connectivity index (χ1v) is 2.52. The molecule has 0 unspecified atom stereocenters. The summed E-state index contributed by atoms with van der Waals surface area (Å²) >= 11 is 0. The fourth-order valence-electron chi connectivity index (χ4n) is 0.546. The van der Waals surface area contributed by atoms with Gasteiger partial charge in [0.25, 0.3) is 0 Å². The summed E-state index contributed by atoms with van der Waals surface area (Å²) in [6.07, 6.45) is 6.18. The van der Waals surface area contributed by atoms with Crippen molar-refractivity contribution in [2.75, 3.05) is 0 Å². The van der Waals surface area contributed by atoms with Crippen LogP contribution in [0, 0.1) is 0 Å². The highest BCUT2D eigenvalue weighted by molar-refractivity contribution is 4.92. The number of aromatic amines is 1. The lowest BCUT2D eigenvalue weighted by Crippen LogP contribution is -1.80. The molecule has 9 heavy (non-hydrogen) atoms. The van der Waals surface area contributed by atoms with Crippen LogP contribution in [0.4, 0.5) is 0 Å². The van der Waals surface area contributed by atoms with E-state index in [1.165, 1.54) is 0 Å². The summed E-state index contributed by atoms with van der Waals surface area (Å²) < 4.78 is 0. The first-order chi connectivity index (χ1) is 3.93. The molecule has 0 aliphatic carbocycles. The molecule has 0 amide bonds. The number of hydrogen-bond donors (Lipinski definition) is 2. The topological polar surface area (TPSA) is 63.7 Å². The second kappa shape index (κ2) is 3.86. The second-order valence-corrected chi connectivity index (χ2v) is 1.53. The Morgan fingerprint density at radius 1 is 1.78 bits per heavy atom. The van der Waals surface area contributed by atoms with Crippen molar-refractivity contribution in [3.8, 4) is 0 Å². The summed E-state index contributed by atoms with van der Waals surface area (Å²) in [4.78, 5) is 6.93. The summed E-state index contributed by atoms with van der Waals surface area (Å²) in [6, 6.07) is 0. The van der Waals surface area contributed by atoms with Crippen LogP contribution in [0.25, 0.3) is 0 Å². The van der Waals surface area contributed by atoms with Crippen molar-refractivity contribution in [2.24, 2.45) is 0 Å². The van der Waals surface area contributed by atoms with Crippen molar-refractivity contribution in [1.82, 2.24) is 16.1 Å². The number of hydrogen-bond acceptors (Lipinski definition) is 2. The van der Waals surface area contributed by atoms with Crippen LogP contribution in [0.15, 0.2) is 25.0 Å². The Labute approximate surface area is 54.4 Å². The molecule has 0 atom stereocenters. The minimum atomic E-state index is 0. The minimum Gasteiger partial charge on any atom is -0.348 e. The molecule has 0 radical (unpaired) electrons. The molecule has 0 saturated heterocycles. The number of rotatable bonds is 2. The number of aromatic nitrogens is 2. The van der Waals surface area contributed by atoms with Gasteiger partial charge in [0, 0.05) is 18.8 Å². The highest BCUT2D eigenvalue weighted by Crippen LogP contribution is 1.88. The van der Waals surface area contributed by atoms with Crippen LogP contribution in [-0.4, -0.2) is 9.97 Å². The van der Waals surface area contributed by atoms with E-state index in [2.05, 4.69) is 16.5 Å². The maximum absolute atomic E-state index is 3.98. The van der Waals surface area contributed by atoms with Crippen molar-refractivity contribution in [2.45, 2.75) is 6.42 Å². The van der Waals surface area contributed by atoms with Crippen molar-refractivity contribution >= 4 is 0 Å². The van der Waals surface area contributed by atoms with Crippen LogP contribution >= 0.6 is 0 Å². The Balaban J connectivity index is 0.000000640. The predicted molar refractivity (Wildman–Crippen MR) is 37.5 cm³/mol. The maximum atomic E-state index is 3.98. The molecule has 0 fully saturated rings. The number of allylic oxidation sites excluding steroid dienone is 1. The summed E-state index contributed by atoms with van der Waals surface area (Å²) in [7, 11) is 0. The van der Waals surface area contributed by atoms with Crippen molar-refractivity contribution in [1.29, 1.82) is 0 Å². The molecule has 3 nitrogen and oxygen atoms in total. The molecular formula is C6H11N3. The summed E-state index contributed by atoms with van der Waals surface area (Å²) in [6.45, 7) is 3.58. The van der Waals surface area contributed by atoms with Gasteiger partial charge in [-0.3, -0.25) is 0 Å². The Bertz CT molecular complexity index is 155. The van der Waals surface area contributed by atoms with E-state index in [-0.39, 0.29) is 6.15 Å². The molecule has 0 aliphatic rings. The number of H-pyrrole nitrogens is 1. The third kappa shape index (κ3) is 2.10. The molecule has 0 spiro atoms. The van der Waals surface area contributed by atoms with E-state index in [4.69, 9.17) is 0 Å². The van der Waals surface area contributed by atoms with Crippen molar-refractivity contribution in [3.63, 3.8) is 0 Å². The van der Waals surface area contributed by atoms with E-state index < -0.39 is 0 Å². The van der Waals surface area contributed by atoms with E-state index in [9.17, 15) is 0 Å². The molecule has 1 heterocycles. The Morgan fingerprint density at radius 2 is 2.56 bits per heavy atom. The number of nitrogens with one attached hydrogen (secondary N) is 1. The molecule has 0 aliphatic heterocycles. The lowest BCUT2D eigenvalue weighted by molar-refractivity contribution is 1.06. The van der Waals surface area contributed by atoms with E-state index in [0.717, 1.165) is 12.2 Å². The van der Waals surface area contributed by atoms with Gasteiger partial charge in [-0.15, -0.1) is 6.58 Å². The Hall–Kier alpha value is -1.09. The van der Waals surface area contributed by atoms with Gasteiger partial charge >= 0.3 is 0 Å². The lowest BCUT2D eigenvalue weighted by atomic mass is 10.4. The molecule has 3 heteroatoms. The van der Waals surface area contributed by atoms with Gasteiger partial charge in [-0.25, -0.2) is 4.98 Å². The highest BCUT2D eigenvalue weighted by atomic mass is 14.9. The van der Waals surface area contributed by atoms with Gasteiger partial charge < -0.3 is 11.1 Å². The molecule has 0 aromatic carbocycles. The van der Waals surface area contributed by atoms with Gasteiger partial charge in [-0.2, -0.15) is 0 Å². The van der Waals surface area contributed by atoms with Crippen LogP contribution in [0.2, 0.25) is 0 Å². The summed E-state index contributed by atoms with van der Waals surface area (Å²) in [5.41, 5.74) is 0. The monoisotopic (exact) mass is 125 g/mol. The first kappa shape index (κ1) is 7.91. The smallest absolute Gasteiger partial charge is 0.109 e. The number of imidazole rings is 1. The molecule has 0 saturated carbocycles. The maximum Gasteiger partial charge on any atom is 0.109 e. The van der Waals surface area contributed by atoms with Crippen LogP contribution in [0.3, 0.4) is 0 Å². The van der Waals surface area contributed by atoms with Gasteiger partial charge in [0.05, 0.1) is 0 Å². The zero-order chi connectivity index (χ0) is 5.82. The summed E-state index contributed by atoms with van der Waals surface area (Å²) in [5, 5.41) is 0. The van der Waals surface area contributed by atoms with E-state index in [1.54, 1.807) is 12.4 Å². The second-order valence-electron chi connectivity index (χ2n) is 1.53. The van der Waals surface area contributed by atoms with Crippen LogP contribution in [-0.2, 0) is 6.42 Å².